The van der Waals surface area contributed by atoms with Crippen LogP contribution in [0.15, 0.2) is 24.3 Å². The Balaban J connectivity index is 3.08. The summed E-state index contributed by atoms with van der Waals surface area (Å²) in [7, 11) is 0. The largest absolute Gasteiger partial charge is 0.508 e. The summed E-state index contributed by atoms with van der Waals surface area (Å²) in [6.45, 7) is 6.41. The van der Waals surface area contributed by atoms with E-state index >= 15 is 0 Å². The summed E-state index contributed by atoms with van der Waals surface area (Å²) < 4.78 is 0. The number of carbonyl (C=O) groups is 1. The molecule has 0 unspecified atom stereocenters. The van der Waals surface area contributed by atoms with Crippen LogP contribution in [0, 0.1) is 6.57 Å². The first-order chi connectivity index (χ1) is 5.24. The Hall–Kier alpha value is -1.82. The third-order valence-electron chi connectivity index (χ3n) is 1.19. The van der Waals surface area contributed by atoms with Gasteiger partial charge in [-0.1, -0.05) is 12.1 Å². The quantitative estimate of drug-likeness (QED) is 0.611. The molecule has 1 aromatic carbocycles. The fraction of sp³-hybridized carbons (Fsp3) is 0. The average molecular weight is 147 g/mol. The molecule has 0 fully saturated rings. The van der Waals surface area contributed by atoms with Gasteiger partial charge >= 0.3 is 5.91 Å². The van der Waals surface area contributed by atoms with Crippen molar-refractivity contribution in [1.82, 2.24) is 0 Å². The van der Waals surface area contributed by atoms with Crippen LogP contribution in [0.25, 0.3) is 4.85 Å². The zero-order valence-corrected chi connectivity index (χ0v) is 5.61. The maximum atomic E-state index is 10.7. The molecule has 0 bridgehead atoms. The highest BCUT2D eigenvalue weighted by Crippen LogP contribution is 2.11. The highest BCUT2D eigenvalue weighted by Gasteiger charge is 2.03. The van der Waals surface area contributed by atoms with E-state index in [-0.39, 0.29) is 11.3 Å². The molecular weight excluding hydrogens is 142 g/mol. The van der Waals surface area contributed by atoms with Gasteiger partial charge in [-0.25, -0.2) is 0 Å². The third kappa shape index (κ3) is 1.55. The van der Waals surface area contributed by atoms with Crippen molar-refractivity contribution in [2.75, 3.05) is 0 Å². The molecule has 11 heavy (non-hydrogen) atoms. The Kier molecular flexibility index (Phi) is 1.88. The monoisotopic (exact) mass is 147 g/mol. The van der Waals surface area contributed by atoms with Crippen LogP contribution in [-0.4, -0.2) is 11.0 Å². The smallest absolute Gasteiger partial charge is 0.386 e. The molecule has 1 aromatic rings. The average Bonchev–Trinajstić information content (AvgIpc) is 2.03. The molecule has 3 heteroatoms. The standard InChI is InChI=1S/C8H5NO2/c1-9-8(11)6-3-2-4-7(10)5-6/h2-5,10H. The van der Waals surface area contributed by atoms with Crippen molar-refractivity contribution >= 4 is 5.91 Å². The van der Waals surface area contributed by atoms with Gasteiger partial charge in [-0.05, 0) is 12.1 Å². The fourth-order valence-corrected chi connectivity index (χ4v) is 0.703. The fourth-order valence-electron chi connectivity index (χ4n) is 0.703. The van der Waals surface area contributed by atoms with Crippen LogP contribution in [0.5, 0.6) is 5.75 Å². The second-order valence-electron chi connectivity index (χ2n) is 1.97. The zero-order valence-electron chi connectivity index (χ0n) is 5.61. The molecule has 0 atom stereocenters. The Morgan fingerprint density at radius 3 is 2.82 bits per heavy atom. The van der Waals surface area contributed by atoms with E-state index < -0.39 is 5.91 Å². The van der Waals surface area contributed by atoms with Crippen molar-refractivity contribution < 1.29 is 9.90 Å². The van der Waals surface area contributed by atoms with E-state index in [1.807, 2.05) is 0 Å². The lowest BCUT2D eigenvalue weighted by molar-refractivity contribution is 0.104. The highest BCUT2D eigenvalue weighted by molar-refractivity contribution is 6.01. The van der Waals surface area contributed by atoms with Crippen molar-refractivity contribution in [3.63, 3.8) is 0 Å². The first kappa shape index (κ1) is 7.29. The summed E-state index contributed by atoms with van der Waals surface area (Å²) in [6.07, 6.45) is 0. The van der Waals surface area contributed by atoms with Crippen LogP contribution in [0.4, 0.5) is 0 Å². The van der Waals surface area contributed by atoms with E-state index in [9.17, 15) is 4.79 Å². The molecule has 1 N–H and O–H groups in total. The predicted octanol–water partition coefficient (Wildman–Crippen LogP) is 1.45. The molecule has 0 aliphatic heterocycles. The van der Waals surface area contributed by atoms with Crippen LogP contribution in [0.2, 0.25) is 0 Å². The van der Waals surface area contributed by atoms with E-state index in [1.165, 1.54) is 24.3 Å². The molecule has 1 amide bonds. The number of hydrogen-bond donors (Lipinski definition) is 1. The van der Waals surface area contributed by atoms with Crippen molar-refractivity contribution in [2.24, 2.45) is 0 Å². The van der Waals surface area contributed by atoms with Gasteiger partial charge in [0.25, 0.3) is 0 Å². The first-order valence-electron chi connectivity index (χ1n) is 2.95. The van der Waals surface area contributed by atoms with Gasteiger partial charge in [0.05, 0.1) is 6.57 Å². The SMILES string of the molecule is [C-]#[N+]C(=O)c1cccc(O)c1. The minimum absolute atomic E-state index is 0.000463. The Labute approximate surface area is 63.7 Å². The number of carbonyl (C=O) groups excluding carboxylic acids is 1. The van der Waals surface area contributed by atoms with E-state index in [4.69, 9.17) is 11.7 Å². The van der Waals surface area contributed by atoms with Crippen molar-refractivity contribution in [3.8, 4) is 5.75 Å². The maximum absolute atomic E-state index is 10.7. The van der Waals surface area contributed by atoms with Gasteiger partial charge in [0.2, 0.25) is 0 Å². The molecule has 0 radical (unpaired) electrons. The number of amides is 1. The second-order valence-corrected chi connectivity index (χ2v) is 1.97. The summed E-state index contributed by atoms with van der Waals surface area (Å²) in [6, 6.07) is 5.72. The Morgan fingerprint density at radius 2 is 2.27 bits per heavy atom. The number of nitrogens with zero attached hydrogens (tertiary/aromatic N) is 1. The normalized spacial score (nSPS) is 8.64. The zero-order chi connectivity index (χ0) is 8.27. The molecule has 3 nitrogen and oxygen atoms in total. The molecule has 0 aliphatic rings. The number of aromatic hydroxyl groups is 1. The third-order valence-corrected chi connectivity index (χ3v) is 1.19. The summed E-state index contributed by atoms with van der Waals surface area (Å²) in [5, 5.41) is 8.90. The van der Waals surface area contributed by atoms with Gasteiger partial charge in [0.15, 0.2) is 0 Å². The van der Waals surface area contributed by atoms with Gasteiger partial charge in [0.1, 0.15) is 5.75 Å². The second kappa shape index (κ2) is 2.84. The summed E-state index contributed by atoms with van der Waals surface area (Å²) in [5.41, 5.74) is 0.222. The van der Waals surface area contributed by atoms with Gasteiger partial charge < -0.3 is 9.90 Å². The summed E-state index contributed by atoms with van der Waals surface area (Å²) in [4.78, 5) is 13.4. The van der Waals surface area contributed by atoms with Crippen molar-refractivity contribution in [3.05, 3.63) is 41.2 Å². The minimum atomic E-state index is -0.652. The Bertz CT molecular complexity index is 325. The molecule has 0 heterocycles. The molecular formula is C8H5NO2. The molecule has 0 spiro atoms. The van der Waals surface area contributed by atoms with E-state index in [0.29, 0.717) is 0 Å². The molecule has 0 aliphatic carbocycles. The number of phenols is 1. The topological polar surface area (TPSA) is 41.7 Å². The first-order valence-corrected chi connectivity index (χ1v) is 2.95. The number of rotatable bonds is 1. The lowest BCUT2D eigenvalue weighted by Gasteiger charge is -1.92. The lowest BCUT2D eigenvalue weighted by Crippen LogP contribution is -1.89. The van der Waals surface area contributed by atoms with Crippen LogP contribution in [0.1, 0.15) is 10.4 Å². The molecule has 0 saturated carbocycles. The molecule has 1 rings (SSSR count). The predicted molar refractivity (Wildman–Crippen MR) is 39.0 cm³/mol. The number of hydrogen-bond acceptors (Lipinski definition) is 2. The van der Waals surface area contributed by atoms with Gasteiger partial charge in [-0.3, -0.25) is 0 Å². The molecule has 0 saturated heterocycles. The van der Waals surface area contributed by atoms with E-state index in [0.717, 1.165) is 0 Å². The minimum Gasteiger partial charge on any atom is -0.508 e. The number of benzene rings is 1. The lowest BCUT2D eigenvalue weighted by atomic mass is 10.2. The Morgan fingerprint density at radius 1 is 1.55 bits per heavy atom. The summed E-state index contributed by atoms with van der Waals surface area (Å²) in [5.74, 6) is -0.652. The maximum Gasteiger partial charge on any atom is 0.386 e. The van der Waals surface area contributed by atoms with Gasteiger partial charge in [-0.2, -0.15) is 4.85 Å². The van der Waals surface area contributed by atoms with Crippen molar-refractivity contribution in [1.29, 1.82) is 0 Å². The van der Waals surface area contributed by atoms with Crippen LogP contribution in [-0.2, 0) is 0 Å². The van der Waals surface area contributed by atoms with E-state index in [2.05, 4.69) is 4.85 Å². The number of phenolic OH excluding ortho intramolecular Hbond substituents is 1. The highest BCUT2D eigenvalue weighted by atomic mass is 16.3. The molecule has 0 aromatic heterocycles. The van der Waals surface area contributed by atoms with Crippen molar-refractivity contribution in [2.45, 2.75) is 0 Å². The van der Waals surface area contributed by atoms with Crippen LogP contribution >= 0.6 is 0 Å². The van der Waals surface area contributed by atoms with Crippen LogP contribution < -0.4 is 0 Å². The molecule has 54 valence electrons. The summed E-state index contributed by atoms with van der Waals surface area (Å²) >= 11 is 0. The van der Waals surface area contributed by atoms with Gasteiger partial charge in [0, 0.05) is 5.56 Å². The van der Waals surface area contributed by atoms with Gasteiger partial charge in [-0.15, -0.1) is 0 Å². The van der Waals surface area contributed by atoms with E-state index in [1.54, 1.807) is 0 Å². The van der Waals surface area contributed by atoms with Crippen LogP contribution in [0.3, 0.4) is 0 Å².